The molecule has 1 aromatic rings. The molecule has 8 nitrogen and oxygen atoms in total. The van der Waals surface area contributed by atoms with E-state index in [0.29, 0.717) is 24.2 Å². The summed E-state index contributed by atoms with van der Waals surface area (Å²) in [6.07, 6.45) is 2.22. The number of aliphatic carboxylic acids is 1. The van der Waals surface area contributed by atoms with Crippen LogP contribution in [-0.2, 0) is 14.8 Å². The van der Waals surface area contributed by atoms with E-state index in [-0.39, 0.29) is 23.4 Å². The molecule has 0 aromatic heterocycles. The quantitative estimate of drug-likeness (QED) is 0.705. The van der Waals surface area contributed by atoms with E-state index in [0.717, 1.165) is 12.8 Å². The van der Waals surface area contributed by atoms with Crippen molar-refractivity contribution in [2.45, 2.75) is 44.0 Å². The van der Waals surface area contributed by atoms with Crippen molar-refractivity contribution in [3.63, 3.8) is 0 Å². The minimum absolute atomic E-state index is 0.00423. The minimum Gasteiger partial charge on any atom is -0.481 e. The van der Waals surface area contributed by atoms with Crippen molar-refractivity contribution in [3.05, 3.63) is 23.8 Å². The summed E-state index contributed by atoms with van der Waals surface area (Å²) in [5.74, 6) is -1.41. The van der Waals surface area contributed by atoms with E-state index < -0.39 is 27.9 Å². The number of piperidine rings is 1. The van der Waals surface area contributed by atoms with Crippen LogP contribution in [0.5, 0.6) is 0 Å². The molecular weight excluding hydrogens is 370 g/mol. The number of carboxylic acids is 1. The number of amides is 2. The molecule has 0 spiro atoms. The van der Waals surface area contributed by atoms with Gasteiger partial charge in [0.15, 0.2) is 0 Å². The maximum atomic E-state index is 12.6. The summed E-state index contributed by atoms with van der Waals surface area (Å²) in [5.41, 5.74) is 0.864. The largest absolute Gasteiger partial charge is 0.481 e. The third-order valence-electron chi connectivity index (χ3n) is 5.01. The fourth-order valence-electron chi connectivity index (χ4n) is 3.42. The molecule has 1 heterocycles. The van der Waals surface area contributed by atoms with E-state index in [2.05, 4.69) is 10.0 Å². The van der Waals surface area contributed by atoms with Gasteiger partial charge >= 0.3 is 12.0 Å². The molecule has 1 aromatic carbocycles. The predicted octanol–water partition coefficient (Wildman–Crippen LogP) is 2.01. The molecule has 2 unspecified atom stereocenters. The number of carboxylic acid groups (broad SMARTS) is 1. The smallest absolute Gasteiger partial charge is 0.321 e. The van der Waals surface area contributed by atoms with Gasteiger partial charge in [-0.25, -0.2) is 17.9 Å². The summed E-state index contributed by atoms with van der Waals surface area (Å²) < 4.78 is 27.6. The van der Waals surface area contributed by atoms with E-state index in [1.165, 1.54) is 11.0 Å². The van der Waals surface area contributed by atoms with Gasteiger partial charge in [0.2, 0.25) is 10.0 Å². The highest BCUT2D eigenvalue weighted by atomic mass is 32.2. The Hall–Kier alpha value is -2.13. The second kappa shape index (κ2) is 7.47. The molecule has 3 rings (SSSR count). The molecule has 2 amide bonds. The van der Waals surface area contributed by atoms with Gasteiger partial charge in [0.1, 0.15) is 0 Å². The summed E-state index contributed by atoms with van der Waals surface area (Å²) in [6, 6.07) is 4.32. The first-order valence-corrected chi connectivity index (χ1v) is 10.6. The third kappa shape index (κ3) is 4.59. The van der Waals surface area contributed by atoms with Gasteiger partial charge in [0, 0.05) is 24.8 Å². The van der Waals surface area contributed by atoms with E-state index in [9.17, 15) is 23.1 Å². The summed E-state index contributed by atoms with van der Waals surface area (Å²) in [4.78, 5) is 25.6. The third-order valence-corrected chi connectivity index (χ3v) is 6.68. The van der Waals surface area contributed by atoms with E-state index in [1.807, 2.05) is 6.92 Å². The van der Waals surface area contributed by atoms with Gasteiger partial charge in [-0.15, -0.1) is 0 Å². The molecule has 148 valence electrons. The lowest BCUT2D eigenvalue weighted by atomic mass is 9.91. The van der Waals surface area contributed by atoms with Gasteiger partial charge in [-0.05, 0) is 49.8 Å². The van der Waals surface area contributed by atoms with Crippen LogP contribution >= 0.6 is 0 Å². The van der Waals surface area contributed by atoms with Crippen molar-refractivity contribution in [3.8, 4) is 0 Å². The van der Waals surface area contributed by atoms with Crippen molar-refractivity contribution in [1.82, 2.24) is 9.62 Å². The van der Waals surface area contributed by atoms with E-state index in [4.69, 9.17) is 0 Å². The van der Waals surface area contributed by atoms with Gasteiger partial charge in [-0.3, -0.25) is 4.79 Å². The Kier molecular flexibility index (Phi) is 5.43. The summed E-state index contributed by atoms with van der Waals surface area (Å²) in [7, 11) is -3.63. The number of urea groups is 1. The second-order valence-electron chi connectivity index (χ2n) is 7.54. The molecule has 27 heavy (non-hydrogen) atoms. The Morgan fingerprint density at radius 3 is 2.56 bits per heavy atom. The van der Waals surface area contributed by atoms with Crippen LogP contribution in [0.1, 0.15) is 31.7 Å². The Balaban J connectivity index is 1.76. The number of benzene rings is 1. The number of carbonyl (C=O) groups is 2. The number of carbonyl (C=O) groups excluding carboxylic acids is 1. The molecule has 2 fully saturated rings. The Morgan fingerprint density at radius 1 is 1.22 bits per heavy atom. The highest BCUT2D eigenvalue weighted by molar-refractivity contribution is 7.89. The minimum atomic E-state index is -3.63. The maximum absolute atomic E-state index is 12.6. The van der Waals surface area contributed by atoms with Crippen molar-refractivity contribution >= 4 is 27.7 Å². The van der Waals surface area contributed by atoms with Crippen LogP contribution in [0, 0.1) is 18.8 Å². The molecule has 2 atom stereocenters. The molecule has 1 aliphatic heterocycles. The summed E-state index contributed by atoms with van der Waals surface area (Å²) in [6.45, 7) is 4.18. The zero-order chi connectivity index (χ0) is 19.8. The number of sulfonamides is 1. The van der Waals surface area contributed by atoms with Gasteiger partial charge in [-0.2, -0.15) is 0 Å². The number of nitrogens with one attached hydrogen (secondary N) is 2. The van der Waals surface area contributed by atoms with Crippen molar-refractivity contribution in [1.29, 1.82) is 0 Å². The lowest BCUT2D eigenvalue weighted by Crippen LogP contribution is -2.47. The van der Waals surface area contributed by atoms with Crippen molar-refractivity contribution in [2.24, 2.45) is 11.8 Å². The fraction of sp³-hybridized carbons (Fsp3) is 0.556. The molecule has 3 N–H and O–H groups in total. The van der Waals surface area contributed by atoms with Crippen LogP contribution in [0.15, 0.2) is 23.1 Å². The number of rotatable bonds is 5. The monoisotopic (exact) mass is 395 g/mol. The fourth-order valence-corrected chi connectivity index (χ4v) is 4.99. The molecule has 2 aliphatic rings. The number of nitrogens with zero attached hydrogens (tertiary/aromatic N) is 1. The highest BCUT2D eigenvalue weighted by Gasteiger charge is 2.33. The molecule has 9 heteroatoms. The standard InChI is InChI=1S/C18H25N3O5S/c1-11-8-13(17(22)23)10-21(9-11)18(24)19-15-4-3-5-16(12(15)2)27(25,26)20-14-6-7-14/h3-5,11,13-14,20H,6-10H2,1-2H3,(H,19,24)(H,22,23). The molecule has 0 bridgehead atoms. The molecule has 0 radical (unpaired) electrons. The molecule has 1 saturated heterocycles. The van der Waals surface area contributed by atoms with Gasteiger partial charge in [-0.1, -0.05) is 13.0 Å². The van der Waals surface area contributed by atoms with Crippen LogP contribution in [0.2, 0.25) is 0 Å². The molecular formula is C18H25N3O5S. The first-order chi connectivity index (χ1) is 12.7. The Morgan fingerprint density at radius 2 is 1.93 bits per heavy atom. The lowest BCUT2D eigenvalue weighted by molar-refractivity contribution is -0.143. The van der Waals surface area contributed by atoms with Gasteiger partial charge < -0.3 is 15.3 Å². The summed E-state index contributed by atoms with van der Waals surface area (Å²) in [5, 5.41) is 12.0. The zero-order valence-corrected chi connectivity index (χ0v) is 16.3. The molecule has 1 saturated carbocycles. The Labute approximate surface area is 159 Å². The van der Waals surface area contributed by atoms with Crippen LogP contribution in [0.25, 0.3) is 0 Å². The van der Waals surface area contributed by atoms with Crippen LogP contribution in [-0.4, -0.2) is 49.6 Å². The number of likely N-dealkylation sites (tertiary alicyclic amines) is 1. The second-order valence-corrected chi connectivity index (χ2v) is 9.22. The average molecular weight is 395 g/mol. The van der Waals surface area contributed by atoms with Gasteiger partial charge in [0.25, 0.3) is 0 Å². The van der Waals surface area contributed by atoms with Crippen LogP contribution in [0.4, 0.5) is 10.5 Å². The first-order valence-electron chi connectivity index (χ1n) is 9.08. The normalized spacial score (nSPS) is 23.1. The zero-order valence-electron chi connectivity index (χ0n) is 15.4. The predicted molar refractivity (Wildman–Crippen MR) is 100 cm³/mol. The first kappa shape index (κ1) is 19.6. The Bertz CT molecular complexity index is 851. The number of anilines is 1. The van der Waals surface area contributed by atoms with Crippen molar-refractivity contribution < 1.29 is 23.1 Å². The average Bonchev–Trinajstić information content (AvgIpc) is 3.39. The van der Waals surface area contributed by atoms with E-state index >= 15 is 0 Å². The summed E-state index contributed by atoms with van der Waals surface area (Å²) >= 11 is 0. The number of hydrogen-bond acceptors (Lipinski definition) is 4. The van der Waals surface area contributed by atoms with Crippen LogP contribution < -0.4 is 10.0 Å². The SMILES string of the molecule is Cc1c(NC(=O)N2CC(C)CC(C(=O)O)C2)cccc1S(=O)(=O)NC1CC1. The van der Waals surface area contributed by atoms with Gasteiger partial charge in [0.05, 0.1) is 10.8 Å². The number of hydrogen-bond donors (Lipinski definition) is 3. The van der Waals surface area contributed by atoms with E-state index in [1.54, 1.807) is 19.1 Å². The maximum Gasteiger partial charge on any atom is 0.321 e. The van der Waals surface area contributed by atoms with Crippen LogP contribution in [0.3, 0.4) is 0 Å². The topological polar surface area (TPSA) is 116 Å². The lowest BCUT2D eigenvalue weighted by Gasteiger charge is -2.34. The molecule has 1 aliphatic carbocycles. The highest BCUT2D eigenvalue weighted by Crippen LogP contribution is 2.28. The van der Waals surface area contributed by atoms with Crippen molar-refractivity contribution in [2.75, 3.05) is 18.4 Å².